The van der Waals surface area contributed by atoms with Crippen LogP contribution in [0.1, 0.15) is 38.2 Å². The standard InChI is InChI=1S/C25H23N3O2S/c1-25(2,23(29)30)31-24-27-26-22(17-8-4-3-5-9-17)28(24)21-15-14-18(16-12-13-16)19-10-6-7-11-20(19)21/h3-11,14-16H,12-13H2,1-2H3,(H,29,30). The molecule has 1 aliphatic carbocycles. The fourth-order valence-corrected chi connectivity index (χ4v) is 4.75. The highest BCUT2D eigenvalue weighted by Gasteiger charge is 2.33. The highest BCUT2D eigenvalue weighted by Crippen LogP contribution is 2.45. The first kappa shape index (κ1) is 19.8. The lowest BCUT2D eigenvalue weighted by atomic mass is 9.99. The first-order valence-corrected chi connectivity index (χ1v) is 11.2. The zero-order chi connectivity index (χ0) is 21.6. The predicted molar refractivity (Wildman–Crippen MR) is 124 cm³/mol. The van der Waals surface area contributed by atoms with E-state index in [1.165, 1.54) is 35.6 Å². The fourth-order valence-electron chi connectivity index (χ4n) is 3.85. The molecule has 1 fully saturated rings. The van der Waals surface area contributed by atoms with E-state index in [0.29, 0.717) is 16.9 Å². The van der Waals surface area contributed by atoms with Gasteiger partial charge >= 0.3 is 5.97 Å². The van der Waals surface area contributed by atoms with Crippen molar-refractivity contribution in [3.8, 4) is 17.1 Å². The molecule has 5 rings (SSSR count). The summed E-state index contributed by atoms with van der Waals surface area (Å²) in [6.07, 6.45) is 2.47. The fraction of sp³-hybridized carbons (Fsp3) is 0.240. The van der Waals surface area contributed by atoms with Crippen molar-refractivity contribution >= 4 is 28.5 Å². The third-order valence-corrected chi connectivity index (χ3v) is 6.85. The Kier molecular flexibility index (Phi) is 4.82. The van der Waals surface area contributed by atoms with Crippen molar-refractivity contribution in [2.75, 3.05) is 0 Å². The van der Waals surface area contributed by atoms with Crippen LogP contribution in [0.5, 0.6) is 0 Å². The highest BCUT2D eigenvalue weighted by atomic mass is 32.2. The number of carboxylic acids is 1. The van der Waals surface area contributed by atoms with Crippen molar-refractivity contribution in [1.29, 1.82) is 0 Å². The molecule has 3 aromatic carbocycles. The van der Waals surface area contributed by atoms with Gasteiger partial charge in [0.2, 0.25) is 0 Å². The second kappa shape index (κ2) is 7.54. The van der Waals surface area contributed by atoms with Crippen LogP contribution in [-0.2, 0) is 4.79 Å². The summed E-state index contributed by atoms with van der Waals surface area (Å²) in [6.45, 7) is 3.38. The van der Waals surface area contributed by atoms with E-state index in [-0.39, 0.29) is 0 Å². The van der Waals surface area contributed by atoms with Gasteiger partial charge in [-0.2, -0.15) is 0 Å². The summed E-state index contributed by atoms with van der Waals surface area (Å²) in [6, 6.07) is 22.7. The monoisotopic (exact) mass is 429 g/mol. The minimum Gasteiger partial charge on any atom is -0.480 e. The van der Waals surface area contributed by atoms with E-state index < -0.39 is 10.7 Å². The van der Waals surface area contributed by atoms with Crippen molar-refractivity contribution in [3.63, 3.8) is 0 Å². The Morgan fingerprint density at radius 3 is 2.32 bits per heavy atom. The van der Waals surface area contributed by atoms with Gasteiger partial charge in [-0.3, -0.25) is 9.36 Å². The number of thioether (sulfide) groups is 1. The minimum atomic E-state index is -1.04. The first-order valence-electron chi connectivity index (χ1n) is 10.4. The van der Waals surface area contributed by atoms with Gasteiger partial charge in [0.05, 0.1) is 5.69 Å². The molecule has 1 aromatic heterocycles. The molecule has 1 N–H and O–H groups in total. The van der Waals surface area contributed by atoms with Gasteiger partial charge in [-0.25, -0.2) is 0 Å². The molecule has 0 saturated heterocycles. The Morgan fingerprint density at radius 1 is 0.968 bits per heavy atom. The lowest BCUT2D eigenvalue weighted by Crippen LogP contribution is -2.27. The molecule has 0 atom stereocenters. The summed E-state index contributed by atoms with van der Waals surface area (Å²) < 4.78 is 0.964. The van der Waals surface area contributed by atoms with Crippen LogP contribution in [0.15, 0.2) is 71.9 Å². The number of aromatic nitrogens is 3. The number of rotatable bonds is 6. The molecule has 6 heteroatoms. The molecule has 1 aliphatic rings. The molecule has 31 heavy (non-hydrogen) atoms. The van der Waals surface area contributed by atoms with Crippen molar-refractivity contribution in [1.82, 2.24) is 14.8 Å². The van der Waals surface area contributed by atoms with E-state index in [0.717, 1.165) is 16.6 Å². The zero-order valence-corrected chi connectivity index (χ0v) is 18.3. The van der Waals surface area contributed by atoms with Gasteiger partial charge < -0.3 is 5.11 Å². The van der Waals surface area contributed by atoms with Crippen LogP contribution in [-0.4, -0.2) is 30.6 Å². The number of hydrogen-bond donors (Lipinski definition) is 1. The van der Waals surface area contributed by atoms with Gasteiger partial charge in [-0.1, -0.05) is 72.4 Å². The van der Waals surface area contributed by atoms with E-state index in [4.69, 9.17) is 0 Å². The molecule has 0 unspecified atom stereocenters. The van der Waals surface area contributed by atoms with Crippen LogP contribution in [0, 0.1) is 0 Å². The topological polar surface area (TPSA) is 68.0 Å². The molecule has 0 radical (unpaired) electrons. The third kappa shape index (κ3) is 3.61. The summed E-state index contributed by atoms with van der Waals surface area (Å²) in [5.74, 6) is 0.448. The van der Waals surface area contributed by atoms with Crippen LogP contribution in [0.2, 0.25) is 0 Å². The average Bonchev–Trinajstić information content (AvgIpc) is 3.54. The number of hydrogen-bond acceptors (Lipinski definition) is 4. The van der Waals surface area contributed by atoms with Gasteiger partial charge in [-0.15, -0.1) is 10.2 Å². The number of carboxylic acid groups (broad SMARTS) is 1. The molecule has 0 aliphatic heterocycles. The smallest absolute Gasteiger partial charge is 0.319 e. The van der Waals surface area contributed by atoms with Crippen LogP contribution in [0.25, 0.3) is 27.8 Å². The molecule has 1 saturated carbocycles. The van der Waals surface area contributed by atoms with Crippen LogP contribution in [0.4, 0.5) is 0 Å². The van der Waals surface area contributed by atoms with Crippen molar-refractivity contribution < 1.29 is 9.90 Å². The van der Waals surface area contributed by atoms with Gasteiger partial charge in [0.25, 0.3) is 0 Å². The van der Waals surface area contributed by atoms with Gasteiger partial charge in [0.15, 0.2) is 11.0 Å². The maximum Gasteiger partial charge on any atom is 0.319 e. The Labute approximate surface area is 185 Å². The van der Waals surface area contributed by atoms with E-state index >= 15 is 0 Å². The largest absolute Gasteiger partial charge is 0.480 e. The average molecular weight is 430 g/mol. The third-order valence-electron chi connectivity index (χ3n) is 5.72. The summed E-state index contributed by atoms with van der Waals surface area (Å²) in [5.41, 5.74) is 3.28. The maximum atomic E-state index is 11.8. The molecule has 0 spiro atoms. The van der Waals surface area contributed by atoms with Crippen LogP contribution < -0.4 is 0 Å². The molecular formula is C25H23N3O2S. The van der Waals surface area contributed by atoms with E-state index in [2.05, 4.69) is 40.5 Å². The van der Waals surface area contributed by atoms with Crippen molar-refractivity contribution in [2.45, 2.75) is 42.5 Å². The second-order valence-corrected chi connectivity index (χ2v) is 10.0. The number of benzene rings is 3. The Hall–Kier alpha value is -3.12. The molecule has 0 amide bonds. The van der Waals surface area contributed by atoms with Crippen molar-refractivity contribution in [2.24, 2.45) is 0 Å². The summed E-state index contributed by atoms with van der Waals surface area (Å²) >= 11 is 1.21. The molecular weight excluding hydrogens is 406 g/mol. The summed E-state index contributed by atoms with van der Waals surface area (Å²) in [7, 11) is 0. The SMILES string of the molecule is CC(C)(Sc1nnc(-c2ccccc2)n1-c1ccc(C2CC2)c2ccccc12)C(=O)O. The van der Waals surface area contributed by atoms with Gasteiger partial charge in [0, 0.05) is 10.9 Å². The highest BCUT2D eigenvalue weighted by molar-refractivity contribution is 8.01. The second-order valence-electron chi connectivity index (χ2n) is 8.42. The number of aliphatic carboxylic acids is 1. The quantitative estimate of drug-likeness (QED) is 0.385. The predicted octanol–water partition coefficient (Wildman–Crippen LogP) is 5.92. The summed E-state index contributed by atoms with van der Waals surface area (Å²) in [5, 5.41) is 21.5. The normalized spacial score (nSPS) is 14.1. The zero-order valence-electron chi connectivity index (χ0n) is 17.4. The maximum absolute atomic E-state index is 11.8. The van der Waals surface area contributed by atoms with Crippen LogP contribution in [0.3, 0.4) is 0 Å². The molecule has 156 valence electrons. The van der Waals surface area contributed by atoms with Crippen molar-refractivity contribution in [3.05, 3.63) is 72.3 Å². The Bertz CT molecular complexity index is 1280. The van der Waals surface area contributed by atoms with Gasteiger partial charge in [0.1, 0.15) is 4.75 Å². The minimum absolute atomic E-state index is 0.565. The van der Waals surface area contributed by atoms with E-state index in [9.17, 15) is 9.90 Å². The molecule has 0 bridgehead atoms. The Balaban J connectivity index is 1.75. The van der Waals surface area contributed by atoms with E-state index in [1.54, 1.807) is 13.8 Å². The molecule has 4 aromatic rings. The number of nitrogens with zero attached hydrogens (tertiary/aromatic N) is 3. The lowest BCUT2D eigenvalue weighted by Gasteiger charge is -2.20. The summed E-state index contributed by atoms with van der Waals surface area (Å²) in [4.78, 5) is 11.8. The number of fused-ring (bicyclic) bond motifs is 1. The molecule has 1 heterocycles. The Morgan fingerprint density at radius 2 is 1.65 bits per heavy atom. The van der Waals surface area contributed by atoms with E-state index in [1.807, 2.05) is 41.0 Å². The first-order chi connectivity index (χ1) is 15.0. The van der Waals surface area contributed by atoms with Gasteiger partial charge in [-0.05, 0) is 49.6 Å². The molecule has 5 nitrogen and oxygen atoms in total. The lowest BCUT2D eigenvalue weighted by molar-refractivity contribution is -0.138. The van der Waals surface area contributed by atoms with Crippen LogP contribution >= 0.6 is 11.8 Å². The number of carbonyl (C=O) groups is 1.